The van der Waals surface area contributed by atoms with Gasteiger partial charge in [-0.15, -0.1) is 0 Å². The zero-order valence-corrected chi connectivity index (χ0v) is 10.3. The monoisotopic (exact) mass is 257 g/mol. The van der Waals surface area contributed by atoms with Gasteiger partial charge < -0.3 is 25.9 Å². The third-order valence-electron chi connectivity index (χ3n) is 2.00. The van der Waals surface area contributed by atoms with Gasteiger partial charge in [0.25, 0.3) is 5.91 Å². The lowest BCUT2D eigenvalue weighted by molar-refractivity contribution is -0.113. The summed E-state index contributed by atoms with van der Waals surface area (Å²) in [5, 5.41) is 20.7. The fourth-order valence-corrected chi connectivity index (χ4v) is 1.25. The van der Waals surface area contributed by atoms with Gasteiger partial charge in [0.15, 0.2) is 11.7 Å². The highest BCUT2D eigenvalue weighted by atomic mass is 16.7. The number of amides is 1. The summed E-state index contributed by atoms with van der Waals surface area (Å²) in [6.45, 7) is 3.65. The molecule has 0 unspecified atom stereocenters. The number of carbonyl (C=O) groups is 1. The highest BCUT2D eigenvalue weighted by Gasteiger charge is 2.31. The van der Waals surface area contributed by atoms with Crippen LogP contribution in [0, 0.1) is 0 Å². The molecule has 1 aliphatic heterocycles. The number of rotatable bonds is 3. The van der Waals surface area contributed by atoms with Crippen LogP contribution in [-0.4, -0.2) is 41.2 Å². The second-order valence-electron chi connectivity index (χ2n) is 4.13. The quantitative estimate of drug-likeness (QED) is 0.268. The molecule has 0 aromatic rings. The van der Waals surface area contributed by atoms with Crippen LogP contribution in [0.15, 0.2) is 15.5 Å². The molecule has 0 saturated carbocycles. The van der Waals surface area contributed by atoms with E-state index in [1.54, 1.807) is 0 Å². The first-order valence-corrected chi connectivity index (χ1v) is 5.05. The van der Waals surface area contributed by atoms with Gasteiger partial charge in [0, 0.05) is 0 Å². The lowest BCUT2D eigenvalue weighted by atomic mass is 10.1. The topological polar surface area (TPSA) is 131 Å². The Labute approximate surface area is 103 Å². The number of nitrogens with zero attached hydrogens (tertiary/aromatic N) is 3. The van der Waals surface area contributed by atoms with E-state index in [1.165, 1.54) is 7.11 Å². The van der Waals surface area contributed by atoms with Crippen molar-refractivity contribution in [2.45, 2.75) is 25.9 Å². The van der Waals surface area contributed by atoms with E-state index in [2.05, 4.69) is 25.6 Å². The van der Waals surface area contributed by atoms with E-state index in [9.17, 15) is 4.79 Å². The minimum atomic E-state index is -0.702. The predicted octanol–water partition coefficient (Wildman–Crippen LogP) is -0.636. The molecule has 0 spiro atoms. The summed E-state index contributed by atoms with van der Waals surface area (Å²) in [6.07, 6.45) is 0.426. The summed E-state index contributed by atoms with van der Waals surface area (Å²) in [7, 11) is 1.23. The molecule has 0 aromatic heterocycles. The molecule has 1 rings (SSSR count). The Kier molecular flexibility index (Phi) is 4.08. The molecule has 0 bridgehead atoms. The molecule has 9 nitrogen and oxygen atoms in total. The van der Waals surface area contributed by atoms with Crippen LogP contribution in [0.1, 0.15) is 20.3 Å². The number of nitrogens with two attached hydrogens (primary N) is 1. The van der Waals surface area contributed by atoms with Crippen molar-refractivity contribution in [3.05, 3.63) is 0 Å². The summed E-state index contributed by atoms with van der Waals surface area (Å²) in [4.78, 5) is 21.3. The molecule has 1 amide bonds. The van der Waals surface area contributed by atoms with E-state index in [1.807, 2.05) is 13.8 Å². The number of hydrogen-bond donors (Lipinski definition) is 3. The van der Waals surface area contributed by atoms with Crippen LogP contribution < -0.4 is 11.1 Å². The number of amidine groups is 2. The molecule has 0 aliphatic carbocycles. The minimum absolute atomic E-state index is 0.333. The zero-order chi connectivity index (χ0) is 13.8. The fraction of sp³-hybridized carbons (Fsp3) is 0.556. The third kappa shape index (κ3) is 3.34. The first kappa shape index (κ1) is 13.7. The molecular weight excluding hydrogens is 242 g/mol. The molecule has 100 valence electrons. The third-order valence-corrected chi connectivity index (χ3v) is 2.00. The summed E-state index contributed by atoms with van der Waals surface area (Å²) in [5.74, 6) is -0.833. The average Bonchev–Trinajstić information content (AvgIpc) is 2.64. The number of oxime groups is 3. The number of nitrogens with one attached hydrogen (secondary N) is 1. The van der Waals surface area contributed by atoms with E-state index in [4.69, 9.17) is 15.8 Å². The summed E-state index contributed by atoms with van der Waals surface area (Å²) in [5.41, 5.74) is 4.46. The van der Waals surface area contributed by atoms with E-state index in [-0.39, 0.29) is 5.71 Å². The van der Waals surface area contributed by atoms with E-state index >= 15 is 0 Å². The van der Waals surface area contributed by atoms with Crippen molar-refractivity contribution < 1.29 is 19.7 Å². The minimum Gasteiger partial charge on any atom is -0.409 e. The van der Waals surface area contributed by atoms with E-state index < -0.39 is 17.3 Å². The Balaban J connectivity index is 2.73. The highest BCUT2D eigenvalue weighted by Crippen LogP contribution is 2.20. The second-order valence-corrected chi connectivity index (χ2v) is 4.13. The molecule has 9 heteroatoms. The molecule has 1 heterocycles. The van der Waals surface area contributed by atoms with Crippen molar-refractivity contribution in [2.75, 3.05) is 7.11 Å². The lowest BCUT2D eigenvalue weighted by Gasteiger charge is -2.13. The molecule has 4 N–H and O–H groups in total. The number of carbonyl (C=O) groups excluding carboxylic acids is 1. The second kappa shape index (κ2) is 5.34. The average molecular weight is 257 g/mol. The van der Waals surface area contributed by atoms with Crippen LogP contribution in [0.5, 0.6) is 0 Å². The van der Waals surface area contributed by atoms with Crippen LogP contribution >= 0.6 is 0 Å². The Hall–Kier alpha value is -2.32. The molecule has 0 fully saturated rings. The van der Waals surface area contributed by atoms with Crippen LogP contribution in [-0.2, 0) is 14.5 Å². The van der Waals surface area contributed by atoms with Gasteiger partial charge in [-0.05, 0) is 13.8 Å². The maximum atomic E-state index is 11.8. The molecule has 1 aliphatic rings. The fourth-order valence-electron chi connectivity index (χ4n) is 1.25. The molecular formula is C9H15N5O4. The first-order valence-electron chi connectivity index (χ1n) is 5.05. The van der Waals surface area contributed by atoms with Crippen molar-refractivity contribution >= 4 is 23.3 Å². The molecule has 0 atom stereocenters. The number of hydrogen-bond acceptors (Lipinski definition) is 7. The maximum Gasteiger partial charge on any atom is 0.282 e. The van der Waals surface area contributed by atoms with Gasteiger partial charge in [-0.1, -0.05) is 15.5 Å². The summed E-state index contributed by atoms with van der Waals surface area (Å²) >= 11 is 0. The van der Waals surface area contributed by atoms with Gasteiger partial charge in [0.05, 0.1) is 6.42 Å². The van der Waals surface area contributed by atoms with Gasteiger partial charge in [-0.25, -0.2) is 0 Å². The Morgan fingerprint density at radius 3 is 2.78 bits per heavy atom. The van der Waals surface area contributed by atoms with Crippen molar-refractivity contribution in [3.8, 4) is 0 Å². The maximum absolute atomic E-state index is 11.8. The summed E-state index contributed by atoms with van der Waals surface area (Å²) < 4.78 is 0. The Morgan fingerprint density at radius 1 is 1.67 bits per heavy atom. The van der Waals surface area contributed by atoms with E-state index in [0.717, 1.165) is 0 Å². The van der Waals surface area contributed by atoms with Crippen molar-refractivity contribution in [2.24, 2.45) is 21.2 Å². The standard InChI is InChI=1S/C9H15N5O4/c1-9(2)4-5(13-18-9)11-8(15)6(14-17-3)7(10)12-16/h16H,4H2,1-3H3,(H2,10,12)(H,11,13,15)/b14-6+. The normalized spacial score (nSPS) is 18.9. The van der Waals surface area contributed by atoms with Crippen LogP contribution in [0.3, 0.4) is 0 Å². The molecule has 0 aromatic carbocycles. The lowest BCUT2D eigenvalue weighted by Crippen LogP contribution is -2.42. The Morgan fingerprint density at radius 2 is 2.33 bits per heavy atom. The smallest absolute Gasteiger partial charge is 0.282 e. The predicted molar refractivity (Wildman–Crippen MR) is 63.2 cm³/mol. The molecule has 0 saturated heterocycles. The summed E-state index contributed by atoms with van der Waals surface area (Å²) in [6, 6.07) is 0. The van der Waals surface area contributed by atoms with Gasteiger partial charge in [0.2, 0.25) is 5.71 Å². The van der Waals surface area contributed by atoms with Gasteiger partial charge in [-0.3, -0.25) is 4.79 Å². The highest BCUT2D eigenvalue weighted by molar-refractivity contribution is 6.66. The van der Waals surface area contributed by atoms with Crippen LogP contribution in [0.2, 0.25) is 0 Å². The van der Waals surface area contributed by atoms with Crippen molar-refractivity contribution in [1.82, 2.24) is 5.32 Å². The largest absolute Gasteiger partial charge is 0.409 e. The van der Waals surface area contributed by atoms with E-state index in [0.29, 0.717) is 12.3 Å². The molecule has 18 heavy (non-hydrogen) atoms. The SMILES string of the molecule is CO/N=C(C(=O)NC1=NOC(C)(C)C1)\C(N)=N\O. The first-order chi connectivity index (χ1) is 8.39. The van der Waals surface area contributed by atoms with Crippen molar-refractivity contribution in [1.29, 1.82) is 0 Å². The van der Waals surface area contributed by atoms with Gasteiger partial charge in [0.1, 0.15) is 12.7 Å². The van der Waals surface area contributed by atoms with Gasteiger partial charge in [-0.2, -0.15) is 0 Å². The zero-order valence-electron chi connectivity index (χ0n) is 10.3. The van der Waals surface area contributed by atoms with Crippen molar-refractivity contribution in [3.63, 3.8) is 0 Å². The van der Waals surface area contributed by atoms with Gasteiger partial charge >= 0.3 is 0 Å². The van der Waals surface area contributed by atoms with Crippen LogP contribution in [0.4, 0.5) is 0 Å². The Bertz CT molecular complexity index is 427. The molecule has 0 radical (unpaired) electrons. The van der Waals surface area contributed by atoms with Crippen LogP contribution in [0.25, 0.3) is 0 Å².